The summed E-state index contributed by atoms with van der Waals surface area (Å²) in [6.45, 7) is 4.75. The van der Waals surface area contributed by atoms with Crippen LogP contribution in [-0.4, -0.2) is 18.1 Å². The van der Waals surface area contributed by atoms with E-state index in [-0.39, 0.29) is 11.5 Å². The van der Waals surface area contributed by atoms with Gasteiger partial charge >= 0.3 is 0 Å². The Labute approximate surface area is 126 Å². The molecule has 3 nitrogen and oxygen atoms in total. The maximum Gasteiger partial charge on any atom is 0.230 e. The molecule has 4 rings (SSSR count). The van der Waals surface area contributed by atoms with E-state index in [1.165, 1.54) is 12.8 Å². The molecule has 0 saturated heterocycles. The van der Waals surface area contributed by atoms with Crippen molar-refractivity contribution < 1.29 is 9.53 Å². The van der Waals surface area contributed by atoms with Gasteiger partial charge in [-0.15, -0.1) is 0 Å². The molecule has 2 fully saturated rings. The molecule has 0 spiro atoms. The Kier molecular flexibility index (Phi) is 2.82. The minimum absolute atomic E-state index is 0.234. The van der Waals surface area contributed by atoms with Crippen molar-refractivity contribution in [3.63, 3.8) is 0 Å². The van der Waals surface area contributed by atoms with Gasteiger partial charge in [-0.3, -0.25) is 4.79 Å². The topological polar surface area (TPSA) is 29.5 Å². The summed E-state index contributed by atoms with van der Waals surface area (Å²) in [5, 5.41) is 0. The van der Waals surface area contributed by atoms with E-state index in [1.807, 2.05) is 29.2 Å². The number of fused-ring (bicyclic) bond motifs is 1. The van der Waals surface area contributed by atoms with Crippen molar-refractivity contribution in [3.05, 3.63) is 24.3 Å². The number of nitrogens with zero attached hydrogens (tertiary/aromatic N) is 1. The molecule has 0 bridgehead atoms. The van der Waals surface area contributed by atoms with Crippen molar-refractivity contribution in [2.24, 2.45) is 17.8 Å². The van der Waals surface area contributed by atoms with Crippen LogP contribution in [0.2, 0.25) is 0 Å². The van der Waals surface area contributed by atoms with Gasteiger partial charge in [0.15, 0.2) is 0 Å². The number of anilines is 1. The molecular formula is C18H23NO2. The molecule has 1 aromatic rings. The molecule has 2 aliphatic carbocycles. The third-order valence-electron chi connectivity index (χ3n) is 5.16. The fraction of sp³-hybridized carbons (Fsp3) is 0.611. The summed E-state index contributed by atoms with van der Waals surface area (Å²) in [5.74, 6) is 3.12. The number of hydrogen-bond acceptors (Lipinski definition) is 2. The van der Waals surface area contributed by atoms with Gasteiger partial charge in [0.25, 0.3) is 0 Å². The molecule has 0 aromatic heterocycles. The number of hydrogen-bond donors (Lipinski definition) is 0. The lowest BCUT2D eigenvalue weighted by atomic mass is 9.71. The molecule has 3 aliphatic rings. The van der Waals surface area contributed by atoms with Crippen LogP contribution < -0.4 is 9.64 Å². The third kappa shape index (κ3) is 2.33. The number of rotatable bonds is 2. The number of benzene rings is 1. The minimum Gasteiger partial charge on any atom is -0.484 e. The van der Waals surface area contributed by atoms with Crippen LogP contribution in [0.5, 0.6) is 5.75 Å². The summed E-state index contributed by atoms with van der Waals surface area (Å²) < 4.78 is 6.01. The van der Waals surface area contributed by atoms with Crippen LogP contribution in [0.4, 0.5) is 5.69 Å². The van der Waals surface area contributed by atoms with Gasteiger partial charge in [-0.2, -0.15) is 0 Å². The number of ether oxygens (including phenoxy) is 1. The van der Waals surface area contributed by atoms with E-state index in [0.29, 0.717) is 12.5 Å². The number of carbonyl (C=O) groups excluding carboxylic acids is 1. The average Bonchev–Trinajstić information content (AvgIpc) is 3.19. The predicted molar refractivity (Wildman–Crippen MR) is 82.4 cm³/mol. The van der Waals surface area contributed by atoms with Crippen molar-refractivity contribution in [1.29, 1.82) is 0 Å². The summed E-state index contributed by atoms with van der Waals surface area (Å²) in [6, 6.07) is 7.91. The number of para-hydroxylation sites is 2. The Morgan fingerprint density at radius 1 is 1.19 bits per heavy atom. The first kappa shape index (κ1) is 13.2. The zero-order chi connectivity index (χ0) is 14.6. The van der Waals surface area contributed by atoms with E-state index in [4.69, 9.17) is 4.74 Å². The second kappa shape index (κ2) is 4.49. The van der Waals surface area contributed by atoms with E-state index in [2.05, 4.69) is 13.8 Å². The summed E-state index contributed by atoms with van der Waals surface area (Å²) in [6.07, 6.45) is 4.98. The van der Waals surface area contributed by atoms with Crippen molar-refractivity contribution in [2.75, 3.05) is 11.4 Å². The van der Waals surface area contributed by atoms with E-state index in [9.17, 15) is 4.79 Å². The molecule has 1 aromatic carbocycles. The summed E-state index contributed by atoms with van der Waals surface area (Å²) >= 11 is 0. The molecule has 2 saturated carbocycles. The van der Waals surface area contributed by atoms with Crippen LogP contribution in [0.15, 0.2) is 24.3 Å². The van der Waals surface area contributed by atoms with E-state index in [0.717, 1.165) is 36.1 Å². The highest BCUT2D eigenvalue weighted by Gasteiger charge is 2.46. The van der Waals surface area contributed by atoms with Crippen LogP contribution in [0.3, 0.4) is 0 Å². The lowest BCUT2D eigenvalue weighted by Gasteiger charge is -2.43. The smallest absolute Gasteiger partial charge is 0.230 e. The highest BCUT2D eigenvalue weighted by molar-refractivity contribution is 5.97. The molecule has 3 heteroatoms. The van der Waals surface area contributed by atoms with Crippen LogP contribution >= 0.6 is 0 Å². The lowest BCUT2D eigenvalue weighted by Crippen LogP contribution is -2.52. The average molecular weight is 285 g/mol. The zero-order valence-electron chi connectivity index (χ0n) is 12.8. The van der Waals surface area contributed by atoms with Gasteiger partial charge in [0.2, 0.25) is 5.91 Å². The second-order valence-corrected chi connectivity index (χ2v) is 7.52. The molecule has 0 atom stereocenters. The fourth-order valence-corrected chi connectivity index (χ4v) is 3.80. The van der Waals surface area contributed by atoms with Crippen LogP contribution in [0.25, 0.3) is 0 Å². The monoisotopic (exact) mass is 285 g/mol. The Balaban J connectivity index is 1.55. The molecule has 0 N–H and O–H groups in total. The number of amides is 1. The first-order valence-electron chi connectivity index (χ1n) is 8.13. The van der Waals surface area contributed by atoms with Gasteiger partial charge in [0.05, 0.1) is 12.2 Å². The van der Waals surface area contributed by atoms with E-state index >= 15 is 0 Å². The first-order valence-corrected chi connectivity index (χ1v) is 8.13. The summed E-state index contributed by atoms with van der Waals surface area (Å²) in [4.78, 5) is 14.9. The minimum atomic E-state index is -0.316. The SMILES string of the molecule is CC1(C)CN(C(=O)C2CC(C3CC3)C2)c2ccccc2O1. The van der Waals surface area contributed by atoms with Gasteiger partial charge in [0, 0.05) is 5.92 Å². The highest BCUT2D eigenvalue weighted by atomic mass is 16.5. The highest BCUT2D eigenvalue weighted by Crippen LogP contribution is 2.50. The van der Waals surface area contributed by atoms with E-state index in [1.54, 1.807) is 0 Å². The zero-order valence-corrected chi connectivity index (χ0v) is 12.8. The van der Waals surface area contributed by atoms with Crippen LogP contribution in [0, 0.1) is 17.8 Å². The van der Waals surface area contributed by atoms with Crippen molar-refractivity contribution in [2.45, 2.75) is 45.1 Å². The summed E-state index contributed by atoms with van der Waals surface area (Å²) in [5.41, 5.74) is 0.626. The van der Waals surface area contributed by atoms with Gasteiger partial charge in [-0.1, -0.05) is 12.1 Å². The number of carbonyl (C=O) groups is 1. The Bertz CT molecular complexity index is 570. The third-order valence-corrected chi connectivity index (χ3v) is 5.16. The molecule has 0 radical (unpaired) electrons. The lowest BCUT2D eigenvalue weighted by molar-refractivity contribution is -0.127. The molecule has 1 aliphatic heterocycles. The van der Waals surface area contributed by atoms with Gasteiger partial charge in [-0.05, 0) is 63.5 Å². The Morgan fingerprint density at radius 2 is 1.90 bits per heavy atom. The maximum absolute atomic E-state index is 12.9. The Morgan fingerprint density at radius 3 is 2.62 bits per heavy atom. The molecule has 0 unspecified atom stereocenters. The van der Waals surface area contributed by atoms with Crippen molar-refractivity contribution in [3.8, 4) is 5.75 Å². The predicted octanol–water partition coefficient (Wildman–Crippen LogP) is 3.63. The molecular weight excluding hydrogens is 262 g/mol. The molecule has 1 heterocycles. The van der Waals surface area contributed by atoms with Gasteiger partial charge in [0.1, 0.15) is 11.4 Å². The van der Waals surface area contributed by atoms with Crippen LogP contribution in [-0.2, 0) is 4.79 Å². The molecule has 21 heavy (non-hydrogen) atoms. The normalized spacial score (nSPS) is 30.1. The first-order chi connectivity index (χ1) is 10.0. The van der Waals surface area contributed by atoms with Gasteiger partial charge in [-0.25, -0.2) is 0 Å². The quantitative estimate of drug-likeness (QED) is 0.830. The van der Waals surface area contributed by atoms with Crippen molar-refractivity contribution >= 4 is 11.6 Å². The maximum atomic E-state index is 12.9. The fourth-order valence-electron chi connectivity index (χ4n) is 3.80. The Hall–Kier alpha value is -1.51. The largest absolute Gasteiger partial charge is 0.484 e. The van der Waals surface area contributed by atoms with Crippen LogP contribution in [0.1, 0.15) is 39.5 Å². The van der Waals surface area contributed by atoms with Crippen molar-refractivity contribution in [1.82, 2.24) is 0 Å². The molecule has 1 amide bonds. The molecule has 112 valence electrons. The van der Waals surface area contributed by atoms with Gasteiger partial charge < -0.3 is 9.64 Å². The summed E-state index contributed by atoms with van der Waals surface area (Å²) in [7, 11) is 0. The standard InChI is InChI=1S/C18H23NO2/c1-18(2)11-19(15-5-3-4-6-16(15)21-18)17(20)14-9-13(10-14)12-7-8-12/h3-6,12-14H,7-11H2,1-2H3. The van der Waals surface area contributed by atoms with E-state index < -0.39 is 0 Å². The second-order valence-electron chi connectivity index (χ2n) is 7.52.